The average Bonchev–Trinajstić information content (AvgIpc) is 2.32. The van der Waals surface area contributed by atoms with Crippen molar-refractivity contribution in [1.29, 1.82) is 0 Å². The van der Waals surface area contributed by atoms with Gasteiger partial charge in [0.15, 0.2) is 0 Å². The summed E-state index contributed by atoms with van der Waals surface area (Å²) in [7, 11) is 2.02. The van der Waals surface area contributed by atoms with E-state index in [2.05, 4.69) is 55.9 Å². The van der Waals surface area contributed by atoms with Gasteiger partial charge in [-0.25, -0.2) is 0 Å². The molecule has 0 amide bonds. The quantitative estimate of drug-likeness (QED) is 0.723. The second-order valence-corrected chi connectivity index (χ2v) is 9.42. The Balaban J connectivity index is 2.85. The summed E-state index contributed by atoms with van der Waals surface area (Å²) in [4.78, 5) is 4.63. The fraction of sp³-hybridized carbons (Fsp3) is 0.625. The molecule has 0 saturated heterocycles. The number of hydrogen-bond acceptors (Lipinski definition) is 3. The Morgan fingerprint density at radius 1 is 1.10 bits per heavy atom. The van der Waals surface area contributed by atoms with Crippen LogP contribution in [0.25, 0.3) is 0 Å². The van der Waals surface area contributed by atoms with Gasteiger partial charge in [0.05, 0.1) is 0 Å². The molecule has 20 heavy (non-hydrogen) atoms. The van der Waals surface area contributed by atoms with E-state index in [4.69, 9.17) is 0 Å². The normalized spacial score (nSPS) is 12.4. The molecule has 0 N–H and O–H groups in total. The predicted octanol–water partition coefficient (Wildman–Crippen LogP) is 2.63. The Morgan fingerprint density at radius 3 is 2.25 bits per heavy atom. The molecule has 0 aliphatic carbocycles. The van der Waals surface area contributed by atoms with Gasteiger partial charge in [0.2, 0.25) is 0 Å². The molecule has 0 unspecified atom stereocenters. The number of hydrogen-bond donors (Lipinski definition) is 0. The lowest BCUT2D eigenvalue weighted by Crippen LogP contribution is -2.31. The Kier molecular flexibility index (Phi) is 6.44. The SMILES string of the molecule is CCN(CCN(C)C)Cc1cc(C)cc(P(C)(C)=O)c1. The molecule has 0 aliphatic rings. The van der Waals surface area contributed by atoms with Crippen molar-refractivity contribution in [3.63, 3.8) is 0 Å². The summed E-state index contributed by atoms with van der Waals surface area (Å²) in [5.41, 5.74) is 2.47. The summed E-state index contributed by atoms with van der Waals surface area (Å²) in [5.74, 6) is 0. The third kappa shape index (κ3) is 5.78. The second-order valence-electron chi connectivity index (χ2n) is 6.20. The largest absolute Gasteiger partial charge is 0.319 e. The molecule has 1 rings (SSSR count). The molecule has 0 heterocycles. The summed E-state index contributed by atoms with van der Waals surface area (Å²) in [5, 5.41) is 0.996. The van der Waals surface area contributed by atoms with Crippen LogP contribution in [-0.4, -0.2) is 56.9 Å². The zero-order valence-corrected chi connectivity index (χ0v) is 14.7. The van der Waals surface area contributed by atoms with Crippen LogP contribution in [-0.2, 0) is 11.1 Å². The second kappa shape index (κ2) is 7.40. The molecule has 0 fully saturated rings. The standard InChI is InChI=1S/C16H29N2OP/c1-7-18(9-8-17(3)4)13-15-10-14(2)11-16(12-15)20(5,6)19/h10-12H,7-9,13H2,1-6H3. The molecule has 0 bridgehead atoms. The van der Waals surface area contributed by atoms with E-state index in [1.165, 1.54) is 11.1 Å². The fourth-order valence-corrected chi connectivity index (χ4v) is 3.18. The number of likely N-dealkylation sites (N-methyl/N-ethyl adjacent to an activating group) is 2. The maximum atomic E-state index is 12.3. The predicted molar refractivity (Wildman–Crippen MR) is 89.8 cm³/mol. The Hall–Kier alpha value is -0.630. The van der Waals surface area contributed by atoms with Crippen LogP contribution >= 0.6 is 7.14 Å². The molecular formula is C16H29N2OP. The maximum absolute atomic E-state index is 12.3. The number of nitrogens with zero attached hydrogens (tertiary/aromatic N) is 2. The Labute approximate surface area is 124 Å². The van der Waals surface area contributed by atoms with Gasteiger partial charge in [0.25, 0.3) is 0 Å². The van der Waals surface area contributed by atoms with Gasteiger partial charge in [-0.05, 0) is 58.6 Å². The molecule has 0 atom stereocenters. The highest BCUT2D eigenvalue weighted by atomic mass is 31.2. The van der Waals surface area contributed by atoms with Crippen molar-refractivity contribution in [2.75, 3.05) is 47.1 Å². The highest BCUT2D eigenvalue weighted by Gasteiger charge is 2.13. The molecule has 0 aromatic heterocycles. The van der Waals surface area contributed by atoms with E-state index in [-0.39, 0.29) is 0 Å². The van der Waals surface area contributed by atoms with Gasteiger partial charge in [-0.2, -0.15) is 0 Å². The van der Waals surface area contributed by atoms with Crippen LogP contribution in [0.4, 0.5) is 0 Å². The minimum Gasteiger partial charge on any atom is -0.319 e. The molecular weight excluding hydrogens is 267 g/mol. The van der Waals surface area contributed by atoms with Crippen LogP contribution in [0, 0.1) is 6.92 Å². The van der Waals surface area contributed by atoms with Crippen LogP contribution in [0.3, 0.4) is 0 Å². The first kappa shape index (κ1) is 17.4. The van der Waals surface area contributed by atoms with Gasteiger partial charge in [-0.1, -0.05) is 18.6 Å². The number of rotatable bonds is 7. The summed E-state index contributed by atoms with van der Waals surface area (Å²) in [6, 6.07) is 6.38. The maximum Gasteiger partial charge on any atom is 0.109 e. The molecule has 0 spiro atoms. The van der Waals surface area contributed by atoms with Gasteiger partial charge in [-0.15, -0.1) is 0 Å². The van der Waals surface area contributed by atoms with Crippen LogP contribution in [0.5, 0.6) is 0 Å². The van der Waals surface area contributed by atoms with Crippen molar-refractivity contribution in [3.8, 4) is 0 Å². The summed E-state index contributed by atoms with van der Waals surface area (Å²) >= 11 is 0. The van der Waals surface area contributed by atoms with Crippen molar-refractivity contribution in [2.24, 2.45) is 0 Å². The van der Waals surface area contributed by atoms with E-state index in [0.29, 0.717) is 0 Å². The third-order valence-electron chi connectivity index (χ3n) is 3.46. The first-order chi connectivity index (χ1) is 9.22. The smallest absolute Gasteiger partial charge is 0.109 e. The topological polar surface area (TPSA) is 23.6 Å². The van der Waals surface area contributed by atoms with Crippen molar-refractivity contribution in [2.45, 2.75) is 20.4 Å². The van der Waals surface area contributed by atoms with E-state index in [0.717, 1.165) is 31.5 Å². The van der Waals surface area contributed by atoms with Crippen LogP contribution in [0.1, 0.15) is 18.1 Å². The van der Waals surface area contributed by atoms with Crippen LogP contribution < -0.4 is 5.30 Å². The Bertz CT molecular complexity index is 479. The van der Waals surface area contributed by atoms with Crippen molar-refractivity contribution in [3.05, 3.63) is 29.3 Å². The molecule has 4 heteroatoms. The molecule has 1 aromatic rings. The lowest BCUT2D eigenvalue weighted by Gasteiger charge is -2.23. The van der Waals surface area contributed by atoms with Gasteiger partial charge in [0.1, 0.15) is 7.14 Å². The fourth-order valence-electron chi connectivity index (χ4n) is 2.19. The van der Waals surface area contributed by atoms with Gasteiger partial charge in [-0.3, -0.25) is 4.90 Å². The molecule has 114 valence electrons. The highest BCUT2D eigenvalue weighted by molar-refractivity contribution is 7.70. The highest BCUT2D eigenvalue weighted by Crippen LogP contribution is 2.35. The molecule has 0 saturated carbocycles. The minimum atomic E-state index is -2.18. The zero-order valence-electron chi connectivity index (χ0n) is 13.8. The van der Waals surface area contributed by atoms with E-state index in [1.807, 2.05) is 13.3 Å². The van der Waals surface area contributed by atoms with E-state index in [1.54, 1.807) is 0 Å². The summed E-state index contributed by atoms with van der Waals surface area (Å²) in [6.07, 6.45) is 0. The van der Waals surface area contributed by atoms with E-state index in [9.17, 15) is 4.57 Å². The van der Waals surface area contributed by atoms with E-state index < -0.39 is 7.14 Å². The summed E-state index contributed by atoms with van der Waals surface area (Å²) < 4.78 is 12.3. The first-order valence-corrected chi connectivity index (χ1v) is 9.85. The molecule has 1 aromatic carbocycles. The monoisotopic (exact) mass is 296 g/mol. The number of benzene rings is 1. The average molecular weight is 296 g/mol. The lowest BCUT2D eigenvalue weighted by atomic mass is 10.1. The van der Waals surface area contributed by atoms with E-state index >= 15 is 0 Å². The minimum absolute atomic E-state index is 0.930. The first-order valence-electron chi connectivity index (χ1n) is 7.25. The van der Waals surface area contributed by atoms with Crippen LogP contribution in [0.2, 0.25) is 0 Å². The van der Waals surface area contributed by atoms with Gasteiger partial charge in [0, 0.05) is 24.9 Å². The molecule has 0 aliphatic heterocycles. The van der Waals surface area contributed by atoms with Crippen molar-refractivity contribution in [1.82, 2.24) is 9.80 Å². The van der Waals surface area contributed by atoms with Crippen LogP contribution in [0.15, 0.2) is 18.2 Å². The molecule has 0 radical (unpaired) electrons. The summed E-state index contributed by atoms with van der Waals surface area (Å²) in [6.45, 7) is 12.0. The third-order valence-corrected chi connectivity index (χ3v) is 4.96. The Morgan fingerprint density at radius 2 is 1.75 bits per heavy atom. The number of aryl methyl sites for hydroxylation is 1. The zero-order chi connectivity index (χ0) is 15.3. The van der Waals surface area contributed by atoms with Crippen molar-refractivity contribution >= 4 is 12.4 Å². The lowest BCUT2D eigenvalue weighted by molar-refractivity contribution is 0.244. The van der Waals surface area contributed by atoms with Gasteiger partial charge < -0.3 is 9.46 Å². The van der Waals surface area contributed by atoms with Crippen molar-refractivity contribution < 1.29 is 4.57 Å². The van der Waals surface area contributed by atoms with Gasteiger partial charge >= 0.3 is 0 Å². The molecule has 3 nitrogen and oxygen atoms in total.